The second kappa shape index (κ2) is 7.27. The van der Waals surface area contributed by atoms with Crippen LogP contribution in [0.1, 0.15) is 45.4 Å². The lowest BCUT2D eigenvalue weighted by Crippen LogP contribution is -2.45. The molecule has 1 aliphatic rings. The molecule has 0 radical (unpaired) electrons. The van der Waals surface area contributed by atoms with Crippen LogP contribution in [0, 0.1) is 5.92 Å². The topological polar surface area (TPSA) is 52.3 Å². The summed E-state index contributed by atoms with van der Waals surface area (Å²) in [5.41, 5.74) is 5.07. The zero-order valence-electron chi connectivity index (χ0n) is 11.0. The summed E-state index contributed by atoms with van der Waals surface area (Å²) in [6.07, 6.45) is 7.33. The molecule has 2 N–H and O–H groups in total. The van der Waals surface area contributed by atoms with E-state index in [1.54, 1.807) is 6.92 Å². The molecular formula is C13H25NO2S. The summed E-state index contributed by atoms with van der Waals surface area (Å²) in [6.45, 7) is 1.75. The van der Waals surface area contributed by atoms with Crippen LogP contribution in [-0.4, -0.2) is 30.1 Å². The van der Waals surface area contributed by atoms with Gasteiger partial charge in [0.15, 0.2) is 0 Å². The first-order valence-electron chi connectivity index (χ1n) is 6.51. The third-order valence-electron chi connectivity index (χ3n) is 3.46. The van der Waals surface area contributed by atoms with Gasteiger partial charge in [0, 0.05) is 0 Å². The van der Waals surface area contributed by atoms with Crippen LogP contribution in [-0.2, 0) is 9.53 Å². The summed E-state index contributed by atoms with van der Waals surface area (Å²) in [5.74, 6) is 3.00. The van der Waals surface area contributed by atoms with E-state index in [1.807, 2.05) is 11.8 Å². The highest BCUT2D eigenvalue weighted by molar-refractivity contribution is 7.99. The number of hydrogen-bond donors (Lipinski definition) is 1. The Kier molecular flexibility index (Phi) is 6.34. The second-order valence-electron chi connectivity index (χ2n) is 5.24. The van der Waals surface area contributed by atoms with Crippen molar-refractivity contribution in [3.05, 3.63) is 0 Å². The van der Waals surface area contributed by atoms with Crippen LogP contribution < -0.4 is 5.73 Å². The lowest BCUT2D eigenvalue weighted by atomic mass is 9.98. The van der Waals surface area contributed by atoms with Crippen LogP contribution in [0.3, 0.4) is 0 Å². The highest BCUT2D eigenvalue weighted by Crippen LogP contribution is 2.28. The van der Waals surface area contributed by atoms with E-state index in [1.165, 1.54) is 38.5 Å². The zero-order chi connectivity index (χ0) is 12.7. The van der Waals surface area contributed by atoms with Crippen molar-refractivity contribution in [3.8, 4) is 0 Å². The van der Waals surface area contributed by atoms with E-state index in [0.29, 0.717) is 6.42 Å². The minimum Gasteiger partial charge on any atom is -0.468 e. The first kappa shape index (κ1) is 14.8. The van der Waals surface area contributed by atoms with Gasteiger partial charge in [0.2, 0.25) is 0 Å². The molecule has 17 heavy (non-hydrogen) atoms. The first-order valence-corrected chi connectivity index (χ1v) is 7.67. The third-order valence-corrected chi connectivity index (χ3v) is 4.75. The van der Waals surface area contributed by atoms with E-state index in [4.69, 9.17) is 5.73 Å². The van der Waals surface area contributed by atoms with Gasteiger partial charge in [0.1, 0.15) is 5.54 Å². The molecule has 0 saturated heterocycles. The summed E-state index contributed by atoms with van der Waals surface area (Å²) in [4.78, 5) is 11.4. The fourth-order valence-electron chi connectivity index (χ4n) is 2.30. The number of carbonyl (C=O) groups excluding carboxylic acids is 1. The van der Waals surface area contributed by atoms with E-state index in [-0.39, 0.29) is 5.97 Å². The van der Waals surface area contributed by atoms with Crippen molar-refractivity contribution >= 4 is 17.7 Å². The van der Waals surface area contributed by atoms with Gasteiger partial charge in [-0.05, 0) is 50.0 Å². The summed E-state index contributed by atoms with van der Waals surface area (Å²) in [5, 5.41) is 0. The standard InChI is InChI=1S/C13H25NO2S/c1-13(14,12(15)16-2)8-5-9-17-10-11-6-3-4-7-11/h11H,3-10,14H2,1-2H3. The Morgan fingerprint density at radius 2 is 2.12 bits per heavy atom. The predicted molar refractivity (Wildman–Crippen MR) is 73.1 cm³/mol. The molecule has 3 nitrogen and oxygen atoms in total. The van der Waals surface area contributed by atoms with Crippen LogP contribution in [0.25, 0.3) is 0 Å². The Bertz CT molecular complexity index is 238. The minimum absolute atomic E-state index is 0.307. The van der Waals surface area contributed by atoms with Gasteiger partial charge in [-0.3, -0.25) is 4.79 Å². The molecular weight excluding hydrogens is 234 g/mol. The molecule has 4 heteroatoms. The fourth-order valence-corrected chi connectivity index (χ4v) is 3.49. The summed E-state index contributed by atoms with van der Waals surface area (Å²) in [6, 6.07) is 0. The number of hydrogen-bond acceptors (Lipinski definition) is 4. The minimum atomic E-state index is -0.817. The number of methoxy groups -OCH3 is 1. The number of thioether (sulfide) groups is 1. The zero-order valence-corrected chi connectivity index (χ0v) is 11.9. The Morgan fingerprint density at radius 1 is 1.47 bits per heavy atom. The number of carbonyl (C=O) groups is 1. The van der Waals surface area contributed by atoms with Crippen molar-refractivity contribution in [1.82, 2.24) is 0 Å². The van der Waals surface area contributed by atoms with Gasteiger partial charge >= 0.3 is 5.97 Å². The molecule has 100 valence electrons. The smallest absolute Gasteiger partial charge is 0.325 e. The molecule has 0 heterocycles. The maximum atomic E-state index is 11.4. The van der Waals surface area contributed by atoms with Crippen LogP contribution in [0.2, 0.25) is 0 Å². The second-order valence-corrected chi connectivity index (χ2v) is 6.39. The Labute approximate surface area is 109 Å². The Hall–Kier alpha value is -0.220. The van der Waals surface area contributed by atoms with Crippen molar-refractivity contribution in [1.29, 1.82) is 0 Å². The van der Waals surface area contributed by atoms with E-state index in [9.17, 15) is 4.79 Å². The molecule has 0 bridgehead atoms. The van der Waals surface area contributed by atoms with Crippen LogP contribution in [0.15, 0.2) is 0 Å². The SMILES string of the molecule is COC(=O)C(C)(N)CCCSCC1CCCC1. The monoisotopic (exact) mass is 259 g/mol. The maximum Gasteiger partial charge on any atom is 0.325 e. The van der Waals surface area contributed by atoms with Gasteiger partial charge in [-0.1, -0.05) is 12.8 Å². The number of nitrogens with two attached hydrogens (primary N) is 1. The van der Waals surface area contributed by atoms with Crippen molar-refractivity contribution in [2.75, 3.05) is 18.6 Å². The van der Waals surface area contributed by atoms with Crippen molar-refractivity contribution in [2.24, 2.45) is 11.7 Å². The third kappa shape index (κ3) is 5.30. The largest absolute Gasteiger partial charge is 0.468 e. The molecule has 1 unspecified atom stereocenters. The highest BCUT2D eigenvalue weighted by atomic mass is 32.2. The van der Waals surface area contributed by atoms with Gasteiger partial charge in [-0.15, -0.1) is 0 Å². The average Bonchev–Trinajstić information content (AvgIpc) is 2.80. The van der Waals surface area contributed by atoms with Crippen molar-refractivity contribution in [3.63, 3.8) is 0 Å². The van der Waals surface area contributed by atoms with Gasteiger partial charge in [-0.2, -0.15) is 11.8 Å². The number of rotatable bonds is 7. The first-order chi connectivity index (χ1) is 8.06. The lowest BCUT2D eigenvalue weighted by molar-refractivity contribution is -0.146. The fraction of sp³-hybridized carbons (Fsp3) is 0.923. The van der Waals surface area contributed by atoms with Gasteiger partial charge in [0.05, 0.1) is 7.11 Å². The average molecular weight is 259 g/mol. The van der Waals surface area contributed by atoms with Gasteiger partial charge in [-0.25, -0.2) is 0 Å². The molecule has 0 aromatic heterocycles. The molecule has 0 aliphatic heterocycles. The normalized spacial score (nSPS) is 20.2. The maximum absolute atomic E-state index is 11.4. The van der Waals surface area contributed by atoms with Crippen LogP contribution >= 0.6 is 11.8 Å². The van der Waals surface area contributed by atoms with Crippen molar-refractivity contribution < 1.29 is 9.53 Å². The molecule has 0 spiro atoms. The van der Waals surface area contributed by atoms with Gasteiger partial charge < -0.3 is 10.5 Å². The number of esters is 1. The number of ether oxygens (including phenoxy) is 1. The molecule has 1 saturated carbocycles. The van der Waals surface area contributed by atoms with E-state index < -0.39 is 5.54 Å². The van der Waals surface area contributed by atoms with Crippen LogP contribution in [0.5, 0.6) is 0 Å². The summed E-state index contributed by atoms with van der Waals surface area (Å²) in [7, 11) is 1.39. The lowest BCUT2D eigenvalue weighted by Gasteiger charge is -2.21. The predicted octanol–water partition coefficient (Wildman–Crippen LogP) is 2.58. The Morgan fingerprint density at radius 3 is 2.71 bits per heavy atom. The van der Waals surface area contributed by atoms with Gasteiger partial charge in [0.25, 0.3) is 0 Å². The molecule has 0 aromatic carbocycles. The molecule has 1 atom stereocenters. The Balaban J connectivity index is 2.04. The molecule has 1 rings (SSSR count). The molecule has 0 aromatic rings. The molecule has 0 amide bonds. The van der Waals surface area contributed by atoms with E-state index in [2.05, 4.69) is 4.74 Å². The summed E-state index contributed by atoms with van der Waals surface area (Å²) < 4.78 is 4.68. The molecule has 1 aliphatic carbocycles. The van der Waals surface area contributed by atoms with Crippen molar-refractivity contribution in [2.45, 2.75) is 51.0 Å². The quantitative estimate of drug-likeness (QED) is 0.564. The van der Waals surface area contributed by atoms with E-state index >= 15 is 0 Å². The summed E-state index contributed by atoms with van der Waals surface area (Å²) >= 11 is 2.00. The molecule has 1 fully saturated rings. The highest BCUT2D eigenvalue weighted by Gasteiger charge is 2.28. The van der Waals surface area contributed by atoms with E-state index in [0.717, 1.165) is 18.1 Å². The van der Waals surface area contributed by atoms with Crippen LogP contribution in [0.4, 0.5) is 0 Å².